The Bertz CT molecular complexity index is 1110. The molecule has 2 unspecified atom stereocenters. The number of rotatable bonds is 6. The van der Waals surface area contributed by atoms with Gasteiger partial charge in [-0.15, -0.1) is 0 Å². The molecule has 1 aromatic heterocycles. The van der Waals surface area contributed by atoms with Gasteiger partial charge in [-0.25, -0.2) is 19.2 Å². The van der Waals surface area contributed by atoms with E-state index in [1.807, 2.05) is 6.92 Å². The van der Waals surface area contributed by atoms with Crippen molar-refractivity contribution in [2.45, 2.75) is 32.2 Å². The van der Waals surface area contributed by atoms with Crippen LogP contribution in [0.25, 0.3) is 11.4 Å². The van der Waals surface area contributed by atoms with Crippen molar-refractivity contribution in [3.8, 4) is 17.1 Å². The molecule has 8 nitrogen and oxygen atoms in total. The lowest BCUT2D eigenvalue weighted by Gasteiger charge is -2.23. The minimum absolute atomic E-state index is 0.0105. The molecule has 0 bridgehead atoms. The van der Waals surface area contributed by atoms with E-state index in [0.717, 1.165) is 0 Å². The Morgan fingerprint density at radius 3 is 2.62 bits per heavy atom. The van der Waals surface area contributed by atoms with E-state index < -0.39 is 17.9 Å². The number of carbonyl (C=O) groups is 2. The molecule has 4 rings (SSSR count). The van der Waals surface area contributed by atoms with Gasteiger partial charge >= 0.3 is 5.97 Å². The fourth-order valence-corrected chi connectivity index (χ4v) is 3.88. The highest BCUT2D eigenvalue weighted by Crippen LogP contribution is 2.30. The molecule has 2 aromatic rings. The van der Waals surface area contributed by atoms with Gasteiger partial charge in [-0.3, -0.25) is 4.79 Å². The van der Waals surface area contributed by atoms with Crippen LogP contribution < -0.4 is 15.4 Å². The molecule has 1 amide bonds. The number of ether oxygens (including phenoxy) is 1. The topological polar surface area (TPSA) is 119 Å². The summed E-state index contributed by atoms with van der Waals surface area (Å²) < 4.78 is 19.2. The fraction of sp³-hybridized carbons (Fsp3) is 0.304. The van der Waals surface area contributed by atoms with Gasteiger partial charge in [-0.2, -0.15) is 0 Å². The predicted molar refractivity (Wildman–Crippen MR) is 116 cm³/mol. The number of hydrogen-bond acceptors (Lipinski definition) is 6. The molecule has 9 heteroatoms. The maximum atomic E-state index is 13.4. The van der Waals surface area contributed by atoms with Gasteiger partial charge in [0.1, 0.15) is 34.9 Å². The second-order valence-electron chi connectivity index (χ2n) is 7.90. The standard InChI is InChI=1S/C23H23FN4O4/c1-13-11-15(24)6-9-19(13)32-16-7-4-14(5-8-16)22-26-17(21(25)29)12-20(27-22)28-10-2-3-18(28)23(30)31/h4-9,12-13,18H,2-3,10-11H2,1H3,(H2,25,29)(H,30,31). The third-order valence-electron chi connectivity index (χ3n) is 5.56. The van der Waals surface area contributed by atoms with E-state index in [0.29, 0.717) is 48.7 Å². The number of allylic oxidation sites excluding steroid dienone is 4. The molecular weight excluding hydrogens is 415 g/mol. The number of aliphatic carboxylic acids is 1. The smallest absolute Gasteiger partial charge is 0.326 e. The van der Waals surface area contributed by atoms with Crippen LogP contribution in [0, 0.1) is 5.92 Å². The highest BCUT2D eigenvalue weighted by Gasteiger charge is 2.32. The van der Waals surface area contributed by atoms with Crippen molar-refractivity contribution < 1.29 is 23.8 Å². The second kappa shape index (κ2) is 8.78. The van der Waals surface area contributed by atoms with E-state index in [2.05, 4.69) is 9.97 Å². The summed E-state index contributed by atoms with van der Waals surface area (Å²) in [6.45, 7) is 2.40. The van der Waals surface area contributed by atoms with E-state index >= 15 is 0 Å². The van der Waals surface area contributed by atoms with Crippen LogP contribution >= 0.6 is 0 Å². The van der Waals surface area contributed by atoms with Gasteiger partial charge in [0.05, 0.1) is 0 Å². The number of nitrogens with zero attached hydrogens (tertiary/aromatic N) is 3. The number of benzene rings is 1. The summed E-state index contributed by atoms with van der Waals surface area (Å²) in [6, 6.07) is 7.65. The number of amides is 1. The van der Waals surface area contributed by atoms with Gasteiger partial charge in [0, 0.05) is 30.5 Å². The molecule has 32 heavy (non-hydrogen) atoms. The Balaban J connectivity index is 1.62. The van der Waals surface area contributed by atoms with Crippen LogP contribution in [0.1, 0.15) is 36.7 Å². The Kier molecular flexibility index (Phi) is 5.89. The van der Waals surface area contributed by atoms with Gasteiger partial charge in [0.2, 0.25) is 0 Å². The Morgan fingerprint density at radius 2 is 1.97 bits per heavy atom. The summed E-state index contributed by atoms with van der Waals surface area (Å²) in [6.07, 6.45) is 4.53. The van der Waals surface area contributed by atoms with E-state index in [9.17, 15) is 19.1 Å². The number of hydrogen-bond donors (Lipinski definition) is 2. The number of halogens is 1. The minimum atomic E-state index is -0.939. The number of carboxylic acids is 1. The molecule has 2 atom stereocenters. The zero-order chi connectivity index (χ0) is 22.8. The minimum Gasteiger partial charge on any atom is -0.480 e. The molecule has 1 aliphatic carbocycles. The largest absolute Gasteiger partial charge is 0.480 e. The van der Waals surface area contributed by atoms with E-state index in [-0.39, 0.29) is 23.3 Å². The fourth-order valence-electron chi connectivity index (χ4n) is 3.88. The molecule has 0 radical (unpaired) electrons. The third kappa shape index (κ3) is 4.46. The van der Waals surface area contributed by atoms with Gasteiger partial charge in [-0.05, 0) is 49.3 Å². The van der Waals surface area contributed by atoms with Crippen molar-refractivity contribution in [3.05, 3.63) is 59.8 Å². The molecule has 1 fully saturated rings. The SMILES string of the molecule is CC1CC(F)=CC=C1Oc1ccc(-c2nc(C(N)=O)cc(N3CCCC3C(=O)O)n2)cc1. The first kappa shape index (κ1) is 21.5. The summed E-state index contributed by atoms with van der Waals surface area (Å²) in [5.74, 6) is -0.0593. The normalized spacial score (nSPS) is 20.5. The highest BCUT2D eigenvalue weighted by molar-refractivity contribution is 5.92. The Labute approximate surface area is 184 Å². The van der Waals surface area contributed by atoms with Crippen LogP contribution in [0.15, 0.2) is 54.1 Å². The Morgan fingerprint density at radius 1 is 1.22 bits per heavy atom. The number of nitrogens with two attached hydrogens (primary N) is 1. The number of carboxylic acid groups (broad SMARTS) is 1. The summed E-state index contributed by atoms with van der Waals surface area (Å²) in [4.78, 5) is 33.8. The molecule has 2 heterocycles. The number of anilines is 1. The second-order valence-corrected chi connectivity index (χ2v) is 7.90. The van der Waals surface area contributed by atoms with Crippen molar-refractivity contribution in [2.24, 2.45) is 11.7 Å². The average molecular weight is 438 g/mol. The lowest BCUT2D eigenvalue weighted by atomic mass is 10.00. The predicted octanol–water partition coefficient (Wildman–Crippen LogP) is 3.45. The number of aromatic nitrogens is 2. The number of carbonyl (C=O) groups excluding carboxylic acids is 1. The molecule has 1 saturated heterocycles. The van der Waals surface area contributed by atoms with Crippen molar-refractivity contribution in [3.63, 3.8) is 0 Å². The maximum absolute atomic E-state index is 13.4. The molecule has 0 spiro atoms. The van der Waals surface area contributed by atoms with Crippen LogP contribution in [0.2, 0.25) is 0 Å². The zero-order valence-corrected chi connectivity index (χ0v) is 17.5. The number of primary amides is 1. The quantitative estimate of drug-likeness (QED) is 0.709. The molecule has 166 valence electrons. The summed E-state index contributed by atoms with van der Waals surface area (Å²) in [7, 11) is 0. The maximum Gasteiger partial charge on any atom is 0.326 e. The van der Waals surface area contributed by atoms with Gasteiger partial charge < -0.3 is 20.5 Å². The van der Waals surface area contributed by atoms with Crippen molar-refractivity contribution in [2.75, 3.05) is 11.4 Å². The van der Waals surface area contributed by atoms with Crippen LogP contribution in [0.3, 0.4) is 0 Å². The van der Waals surface area contributed by atoms with Gasteiger partial charge in [0.15, 0.2) is 5.82 Å². The van der Waals surface area contributed by atoms with E-state index in [4.69, 9.17) is 10.5 Å². The molecule has 0 saturated carbocycles. The summed E-state index contributed by atoms with van der Waals surface area (Å²) in [5.41, 5.74) is 6.08. The summed E-state index contributed by atoms with van der Waals surface area (Å²) >= 11 is 0. The Hall–Kier alpha value is -3.75. The summed E-state index contributed by atoms with van der Waals surface area (Å²) in [5, 5.41) is 9.49. The monoisotopic (exact) mass is 438 g/mol. The zero-order valence-electron chi connectivity index (χ0n) is 17.5. The lowest BCUT2D eigenvalue weighted by Crippen LogP contribution is -2.36. The average Bonchev–Trinajstić information content (AvgIpc) is 3.26. The molecule has 3 N–H and O–H groups in total. The first-order valence-corrected chi connectivity index (χ1v) is 10.3. The van der Waals surface area contributed by atoms with Crippen LogP contribution in [-0.4, -0.2) is 39.5 Å². The third-order valence-corrected chi connectivity index (χ3v) is 5.56. The molecular formula is C23H23FN4O4. The first-order valence-electron chi connectivity index (χ1n) is 10.3. The molecule has 2 aliphatic rings. The van der Waals surface area contributed by atoms with Crippen LogP contribution in [-0.2, 0) is 4.79 Å². The van der Waals surface area contributed by atoms with Crippen molar-refractivity contribution in [1.82, 2.24) is 9.97 Å². The highest BCUT2D eigenvalue weighted by atomic mass is 19.1. The van der Waals surface area contributed by atoms with E-state index in [1.54, 1.807) is 35.2 Å². The lowest BCUT2D eigenvalue weighted by molar-refractivity contribution is -0.138. The van der Waals surface area contributed by atoms with Gasteiger partial charge in [0.25, 0.3) is 5.91 Å². The van der Waals surface area contributed by atoms with Crippen LogP contribution in [0.5, 0.6) is 5.75 Å². The van der Waals surface area contributed by atoms with Crippen LogP contribution in [0.4, 0.5) is 10.2 Å². The van der Waals surface area contributed by atoms with Gasteiger partial charge in [-0.1, -0.05) is 6.92 Å². The molecule has 1 aromatic carbocycles. The van der Waals surface area contributed by atoms with E-state index in [1.165, 1.54) is 12.1 Å². The van der Waals surface area contributed by atoms with Crippen molar-refractivity contribution >= 4 is 17.7 Å². The first-order chi connectivity index (χ1) is 15.3. The van der Waals surface area contributed by atoms with Crippen molar-refractivity contribution in [1.29, 1.82) is 0 Å². The molecule has 1 aliphatic heterocycles.